The van der Waals surface area contributed by atoms with Crippen LogP contribution in [0.4, 0.5) is 0 Å². The summed E-state index contributed by atoms with van der Waals surface area (Å²) in [7, 11) is -1.76. The molecule has 0 bridgehead atoms. The number of guanidine groups is 1. The van der Waals surface area contributed by atoms with Crippen LogP contribution in [0.2, 0.25) is 0 Å². The number of rotatable bonds is 16. The molecule has 0 aromatic rings. The van der Waals surface area contributed by atoms with Crippen molar-refractivity contribution in [2.45, 2.75) is 71.0 Å². The van der Waals surface area contributed by atoms with E-state index < -0.39 is 48.9 Å². The molecule has 13 nitrogen and oxygen atoms in total. The van der Waals surface area contributed by atoms with Gasteiger partial charge in [0.1, 0.15) is 18.1 Å². The summed E-state index contributed by atoms with van der Waals surface area (Å²) in [5.74, 6) is -2.86. The van der Waals surface area contributed by atoms with Crippen molar-refractivity contribution in [1.82, 2.24) is 21.3 Å². The number of aliphatic imine (C=N–C) groups is 1. The molecule has 4 amide bonds. The first-order chi connectivity index (χ1) is 16.3. The summed E-state index contributed by atoms with van der Waals surface area (Å²) in [4.78, 5) is 54.1. The zero-order valence-electron chi connectivity index (χ0n) is 21.0. The van der Waals surface area contributed by atoms with E-state index in [1.54, 1.807) is 13.8 Å². The molecule has 0 aliphatic carbocycles. The highest BCUT2D eigenvalue weighted by Crippen LogP contribution is 2.07. The minimum Gasteiger partial charge on any atom is -0.426 e. The molecule has 0 aromatic carbocycles. The van der Waals surface area contributed by atoms with E-state index in [2.05, 4.69) is 26.3 Å². The summed E-state index contributed by atoms with van der Waals surface area (Å²) in [6, 6.07) is -2.86. The van der Waals surface area contributed by atoms with Crippen LogP contribution in [0.15, 0.2) is 4.99 Å². The Kier molecular flexibility index (Phi) is 15.8. The van der Waals surface area contributed by atoms with Crippen LogP contribution in [0, 0.1) is 5.92 Å². The van der Waals surface area contributed by atoms with E-state index in [0.29, 0.717) is 12.2 Å². The molecule has 35 heavy (non-hydrogen) atoms. The minimum atomic E-state index is -1.76. The van der Waals surface area contributed by atoms with Gasteiger partial charge in [-0.05, 0) is 44.1 Å². The molecule has 0 saturated heterocycles. The van der Waals surface area contributed by atoms with Gasteiger partial charge in [0.15, 0.2) is 5.96 Å². The van der Waals surface area contributed by atoms with Crippen molar-refractivity contribution in [1.29, 1.82) is 0 Å². The zero-order valence-corrected chi connectivity index (χ0v) is 21.9. The van der Waals surface area contributed by atoms with Crippen molar-refractivity contribution < 1.29 is 29.2 Å². The molecule has 0 aliphatic rings. The van der Waals surface area contributed by atoms with Gasteiger partial charge in [0.05, 0.1) is 5.94 Å². The smallest absolute Gasteiger partial charge is 0.426 e. The lowest BCUT2D eigenvalue weighted by molar-refractivity contribution is -0.134. The van der Waals surface area contributed by atoms with Crippen molar-refractivity contribution in [3.8, 4) is 0 Å². The van der Waals surface area contributed by atoms with Gasteiger partial charge in [0, 0.05) is 13.5 Å². The maximum absolute atomic E-state index is 13.1. The number of nitrogens with zero attached hydrogens (tertiary/aromatic N) is 1. The SMILES string of the molecule is CSCC[C@H](NC(=O)[C@H](CCCN=C(N)N)NC(=O)[C@@H](NC(C)=O)C(C)C)C(=O)N[C@@H](C)B(O)O. The zero-order chi connectivity index (χ0) is 27.1. The van der Waals surface area contributed by atoms with E-state index in [9.17, 15) is 29.2 Å². The first kappa shape index (κ1) is 32.5. The second kappa shape index (κ2) is 17.0. The Bertz CT molecular complexity index is 737. The van der Waals surface area contributed by atoms with E-state index in [-0.39, 0.29) is 37.2 Å². The molecule has 4 atom stereocenters. The average Bonchev–Trinajstić information content (AvgIpc) is 2.75. The molecule has 0 saturated carbocycles. The highest BCUT2D eigenvalue weighted by molar-refractivity contribution is 7.98. The number of carbonyl (C=O) groups excluding carboxylic acids is 4. The van der Waals surface area contributed by atoms with Crippen LogP contribution in [0.25, 0.3) is 0 Å². The number of hydrogen-bond donors (Lipinski definition) is 8. The van der Waals surface area contributed by atoms with E-state index >= 15 is 0 Å². The highest BCUT2D eigenvalue weighted by Gasteiger charge is 2.31. The Morgan fingerprint density at radius 2 is 1.46 bits per heavy atom. The summed E-state index contributed by atoms with van der Waals surface area (Å²) in [6.07, 6.45) is 2.65. The molecule has 0 heterocycles. The third kappa shape index (κ3) is 13.8. The lowest BCUT2D eigenvalue weighted by atomic mass is 9.81. The molecular weight excluding hydrogens is 477 g/mol. The predicted octanol–water partition coefficient (Wildman–Crippen LogP) is -2.56. The van der Waals surface area contributed by atoms with E-state index in [4.69, 9.17) is 11.5 Å². The Labute approximate surface area is 211 Å². The van der Waals surface area contributed by atoms with Crippen LogP contribution >= 0.6 is 11.8 Å². The van der Waals surface area contributed by atoms with Gasteiger partial charge < -0.3 is 42.8 Å². The summed E-state index contributed by atoms with van der Waals surface area (Å²) < 4.78 is 0. The maximum atomic E-state index is 13.1. The average molecular weight is 517 g/mol. The Morgan fingerprint density at radius 1 is 0.914 bits per heavy atom. The van der Waals surface area contributed by atoms with Crippen LogP contribution in [0.3, 0.4) is 0 Å². The van der Waals surface area contributed by atoms with Gasteiger partial charge in [-0.25, -0.2) is 0 Å². The van der Waals surface area contributed by atoms with Gasteiger partial charge >= 0.3 is 7.12 Å². The van der Waals surface area contributed by atoms with E-state index in [1.807, 2.05) is 6.26 Å². The molecule has 15 heteroatoms. The first-order valence-corrected chi connectivity index (χ1v) is 12.8. The summed E-state index contributed by atoms with van der Waals surface area (Å²) in [5, 5.41) is 28.8. The maximum Gasteiger partial charge on any atom is 0.475 e. The lowest BCUT2D eigenvalue weighted by Gasteiger charge is -2.27. The van der Waals surface area contributed by atoms with E-state index in [1.165, 1.54) is 25.6 Å². The fraction of sp³-hybridized carbons (Fsp3) is 0.750. The highest BCUT2D eigenvalue weighted by atomic mass is 32.2. The minimum absolute atomic E-state index is 0.102. The van der Waals surface area contributed by atoms with Crippen LogP contribution in [-0.4, -0.2) is 89.4 Å². The number of nitrogens with one attached hydrogen (secondary N) is 4. The molecular formula is C20H40BN7O6S. The number of carbonyl (C=O) groups is 4. The van der Waals surface area contributed by atoms with Crippen molar-refractivity contribution in [2.75, 3.05) is 18.6 Å². The third-order valence-corrected chi connectivity index (χ3v) is 5.59. The lowest BCUT2D eigenvalue weighted by Crippen LogP contribution is -2.58. The normalized spacial score (nSPS) is 14.2. The molecule has 0 spiro atoms. The second-order valence-corrected chi connectivity index (χ2v) is 9.47. The van der Waals surface area contributed by atoms with Gasteiger partial charge in [-0.1, -0.05) is 13.8 Å². The third-order valence-electron chi connectivity index (χ3n) is 4.95. The first-order valence-electron chi connectivity index (χ1n) is 11.4. The van der Waals surface area contributed by atoms with Gasteiger partial charge in [-0.2, -0.15) is 11.8 Å². The number of thioether (sulfide) groups is 1. The fourth-order valence-electron chi connectivity index (χ4n) is 2.96. The number of hydrogen-bond acceptors (Lipinski definition) is 8. The number of nitrogens with two attached hydrogens (primary N) is 2. The predicted molar refractivity (Wildman–Crippen MR) is 137 cm³/mol. The summed E-state index contributed by atoms with van der Waals surface area (Å²) in [6.45, 7) is 6.45. The molecule has 200 valence electrons. The molecule has 0 radical (unpaired) electrons. The van der Waals surface area contributed by atoms with Gasteiger partial charge in [-0.15, -0.1) is 0 Å². The summed E-state index contributed by atoms with van der Waals surface area (Å²) in [5.41, 5.74) is 10.7. The molecule has 0 aromatic heterocycles. The molecule has 0 fully saturated rings. The van der Waals surface area contributed by atoms with Crippen molar-refractivity contribution >= 4 is 48.5 Å². The van der Waals surface area contributed by atoms with Crippen LogP contribution < -0.4 is 32.7 Å². The standard InChI is InChI=1S/C20H40BN7O6S/c1-11(2)16(26-13(4)29)19(32)28-14(7-6-9-24-20(22)23)18(31)27-15(8-10-35-5)17(30)25-12(3)21(33)34/h11-12,14-16,33-34H,6-10H2,1-5H3,(H,25,30)(H,26,29)(H,27,31)(H,28,32)(H4,22,23,24)/t12-,14-,15-,16-/m0/s1. The molecule has 0 rings (SSSR count). The molecule has 0 aliphatic heterocycles. The quantitative estimate of drug-likeness (QED) is 0.0466. The molecule has 10 N–H and O–H groups in total. The Balaban J connectivity index is 5.62. The second-order valence-electron chi connectivity index (χ2n) is 8.49. The number of amides is 4. The van der Waals surface area contributed by atoms with Crippen LogP contribution in [0.1, 0.15) is 47.0 Å². The van der Waals surface area contributed by atoms with Gasteiger partial charge in [-0.3, -0.25) is 24.2 Å². The van der Waals surface area contributed by atoms with E-state index in [0.717, 1.165) is 0 Å². The topological polar surface area (TPSA) is 221 Å². The Hall–Kier alpha value is -2.52. The van der Waals surface area contributed by atoms with Gasteiger partial charge in [0.25, 0.3) is 0 Å². The monoisotopic (exact) mass is 517 g/mol. The molecule has 0 unspecified atom stereocenters. The summed E-state index contributed by atoms with van der Waals surface area (Å²) >= 11 is 1.47. The van der Waals surface area contributed by atoms with Crippen LogP contribution in [-0.2, 0) is 19.2 Å². The van der Waals surface area contributed by atoms with Crippen LogP contribution in [0.5, 0.6) is 0 Å². The van der Waals surface area contributed by atoms with Gasteiger partial charge in [0.2, 0.25) is 23.6 Å². The van der Waals surface area contributed by atoms with Crippen molar-refractivity contribution in [2.24, 2.45) is 22.4 Å². The largest absolute Gasteiger partial charge is 0.475 e. The fourth-order valence-corrected chi connectivity index (χ4v) is 3.44. The van der Waals surface area contributed by atoms with Crippen molar-refractivity contribution in [3.63, 3.8) is 0 Å². The van der Waals surface area contributed by atoms with Crippen molar-refractivity contribution in [3.05, 3.63) is 0 Å². The Morgan fingerprint density at radius 3 is 1.94 bits per heavy atom.